The fourth-order valence-corrected chi connectivity index (χ4v) is 2.59. The smallest absolute Gasteiger partial charge is 0.131 e. The van der Waals surface area contributed by atoms with Crippen molar-refractivity contribution in [2.24, 2.45) is 0 Å². The average molecular weight is 302 g/mol. The summed E-state index contributed by atoms with van der Waals surface area (Å²) in [5.74, 6) is 0.223. The third-order valence-corrected chi connectivity index (χ3v) is 3.79. The highest BCUT2D eigenvalue weighted by atomic mass is 16.3. The first-order chi connectivity index (χ1) is 11.2. The predicted molar refractivity (Wildman–Crippen MR) is 88.5 cm³/mol. The van der Waals surface area contributed by atoms with E-state index in [2.05, 4.69) is 28.3 Å². The molecule has 0 saturated heterocycles. The molecular formula is C18H14N4O. The fraction of sp³-hybridized carbons (Fsp3) is 0.0556. The lowest BCUT2D eigenvalue weighted by Gasteiger charge is -2.04. The van der Waals surface area contributed by atoms with E-state index >= 15 is 0 Å². The summed E-state index contributed by atoms with van der Waals surface area (Å²) in [6, 6.07) is 16.9. The highest BCUT2D eigenvalue weighted by molar-refractivity contribution is 5.84. The molecule has 5 heteroatoms. The standard InChI is InChI=1S/C18H14N4O/c1-12-10-17(19-16-5-3-2-4-15(12)16)18-11-22(21-20-18)13-6-8-14(23)9-7-13/h2-11,23H,1H3. The Hall–Kier alpha value is -3.21. The maximum absolute atomic E-state index is 9.36. The molecule has 0 radical (unpaired) electrons. The van der Waals surface area contributed by atoms with Crippen LogP contribution >= 0.6 is 0 Å². The molecule has 2 aromatic carbocycles. The largest absolute Gasteiger partial charge is 0.508 e. The van der Waals surface area contributed by atoms with Gasteiger partial charge in [-0.3, -0.25) is 0 Å². The molecule has 0 aliphatic carbocycles. The second-order valence-corrected chi connectivity index (χ2v) is 5.41. The average Bonchev–Trinajstić information content (AvgIpc) is 3.05. The van der Waals surface area contributed by atoms with Gasteiger partial charge in [-0.1, -0.05) is 23.4 Å². The van der Waals surface area contributed by atoms with Gasteiger partial charge >= 0.3 is 0 Å². The summed E-state index contributed by atoms with van der Waals surface area (Å²) in [5, 5.41) is 18.9. The molecule has 0 fully saturated rings. The molecule has 0 aliphatic rings. The number of hydrogen-bond donors (Lipinski definition) is 1. The van der Waals surface area contributed by atoms with E-state index in [1.54, 1.807) is 28.9 Å². The number of aryl methyl sites for hydroxylation is 1. The summed E-state index contributed by atoms with van der Waals surface area (Å²) in [6.07, 6.45) is 1.84. The van der Waals surface area contributed by atoms with Crippen LogP contribution < -0.4 is 0 Å². The number of benzene rings is 2. The van der Waals surface area contributed by atoms with Crippen molar-refractivity contribution in [1.29, 1.82) is 0 Å². The number of hydrogen-bond acceptors (Lipinski definition) is 4. The van der Waals surface area contributed by atoms with Crippen molar-refractivity contribution < 1.29 is 5.11 Å². The van der Waals surface area contributed by atoms with Gasteiger partial charge < -0.3 is 5.11 Å². The van der Waals surface area contributed by atoms with E-state index in [-0.39, 0.29) is 5.75 Å². The number of para-hydroxylation sites is 1. The van der Waals surface area contributed by atoms with Crippen LogP contribution in [0.5, 0.6) is 5.75 Å². The van der Waals surface area contributed by atoms with Gasteiger partial charge in [0.2, 0.25) is 0 Å². The lowest BCUT2D eigenvalue weighted by Crippen LogP contribution is -1.93. The van der Waals surface area contributed by atoms with Crippen LogP contribution in [0.25, 0.3) is 28.0 Å². The van der Waals surface area contributed by atoms with Crippen LogP contribution in [0.4, 0.5) is 0 Å². The second kappa shape index (κ2) is 5.21. The zero-order valence-electron chi connectivity index (χ0n) is 12.5. The van der Waals surface area contributed by atoms with Crippen LogP contribution in [-0.2, 0) is 0 Å². The van der Waals surface area contributed by atoms with Crippen molar-refractivity contribution in [2.75, 3.05) is 0 Å². The Balaban J connectivity index is 1.78. The van der Waals surface area contributed by atoms with Crippen LogP contribution in [-0.4, -0.2) is 25.1 Å². The third kappa shape index (κ3) is 2.42. The Morgan fingerprint density at radius 3 is 2.57 bits per heavy atom. The maximum Gasteiger partial charge on any atom is 0.131 e. The van der Waals surface area contributed by atoms with Crippen molar-refractivity contribution in [3.05, 3.63) is 66.4 Å². The van der Waals surface area contributed by atoms with Crippen molar-refractivity contribution in [3.63, 3.8) is 0 Å². The number of fused-ring (bicyclic) bond motifs is 1. The van der Waals surface area contributed by atoms with E-state index in [4.69, 9.17) is 0 Å². The van der Waals surface area contributed by atoms with E-state index in [1.807, 2.05) is 30.5 Å². The molecular weight excluding hydrogens is 288 g/mol. The van der Waals surface area contributed by atoms with E-state index in [1.165, 1.54) is 0 Å². The normalized spacial score (nSPS) is 11.0. The number of phenols is 1. The van der Waals surface area contributed by atoms with Crippen LogP contribution in [0.15, 0.2) is 60.8 Å². The van der Waals surface area contributed by atoms with E-state index in [0.29, 0.717) is 5.69 Å². The van der Waals surface area contributed by atoms with Gasteiger partial charge in [0, 0.05) is 5.39 Å². The number of aromatic nitrogens is 4. The Bertz CT molecular complexity index is 990. The van der Waals surface area contributed by atoms with Gasteiger partial charge in [0.1, 0.15) is 11.4 Å². The Morgan fingerprint density at radius 1 is 0.957 bits per heavy atom. The summed E-state index contributed by atoms with van der Waals surface area (Å²) in [5.41, 5.74) is 4.45. The van der Waals surface area contributed by atoms with E-state index < -0.39 is 0 Å². The zero-order valence-corrected chi connectivity index (χ0v) is 12.5. The molecule has 4 aromatic rings. The summed E-state index contributed by atoms with van der Waals surface area (Å²) in [6.45, 7) is 2.07. The number of phenolic OH excluding ortho intramolecular Hbond substituents is 1. The minimum Gasteiger partial charge on any atom is -0.508 e. The molecule has 4 rings (SSSR count). The second-order valence-electron chi connectivity index (χ2n) is 5.41. The molecule has 5 nitrogen and oxygen atoms in total. The topological polar surface area (TPSA) is 63.8 Å². The maximum atomic E-state index is 9.36. The summed E-state index contributed by atoms with van der Waals surface area (Å²) in [7, 11) is 0. The molecule has 0 spiro atoms. The summed E-state index contributed by atoms with van der Waals surface area (Å²) < 4.78 is 1.67. The van der Waals surface area contributed by atoms with E-state index in [0.717, 1.165) is 27.8 Å². The summed E-state index contributed by atoms with van der Waals surface area (Å²) in [4.78, 5) is 4.67. The van der Waals surface area contributed by atoms with Crippen LogP contribution in [0.3, 0.4) is 0 Å². The fourth-order valence-electron chi connectivity index (χ4n) is 2.59. The lowest BCUT2D eigenvalue weighted by atomic mass is 10.1. The quantitative estimate of drug-likeness (QED) is 0.615. The van der Waals surface area contributed by atoms with Gasteiger partial charge in [0.25, 0.3) is 0 Å². The Kier molecular flexibility index (Phi) is 3.05. The van der Waals surface area contributed by atoms with E-state index in [9.17, 15) is 5.11 Å². The first-order valence-electron chi connectivity index (χ1n) is 7.29. The SMILES string of the molecule is Cc1cc(-c2cn(-c3ccc(O)cc3)nn2)nc2ccccc12. The van der Waals surface area contributed by atoms with Gasteiger partial charge in [0.05, 0.1) is 23.1 Å². The number of nitrogens with zero attached hydrogens (tertiary/aromatic N) is 4. The van der Waals surface area contributed by atoms with Gasteiger partial charge in [-0.05, 0) is 48.9 Å². The molecule has 1 N–H and O–H groups in total. The molecule has 0 unspecified atom stereocenters. The molecule has 0 bridgehead atoms. The monoisotopic (exact) mass is 302 g/mol. The van der Waals surface area contributed by atoms with Crippen molar-refractivity contribution in [1.82, 2.24) is 20.0 Å². The number of aromatic hydroxyl groups is 1. The van der Waals surface area contributed by atoms with Crippen LogP contribution in [0.2, 0.25) is 0 Å². The summed E-state index contributed by atoms with van der Waals surface area (Å²) >= 11 is 0. The molecule has 0 aliphatic heterocycles. The highest BCUT2D eigenvalue weighted by Gasteiger charge is 2.09. The molecule has 2 heterocycles. The number of rotatable bonds is 2. The van der Waals surface area contributed by atoms with Gasteiger partial charge in [-0.2, -0.15) is 0 Å². The predicted octanol–water partition coefficient (Wildman–Crippen LogP) is 3.50. The van der Waals surface area contributed by atoms with Crippen LogP contribution in [0, 0.1) is 6.92 Å². The minimum absolute atomic E-state index is 0.223. The van der Waals surface area contributed by atoms with Crippen molar-refractivity contribution >= 4 is 10.9 Å². The van der Waals surface area contributed by atoms with Gasteiger partial charge in [-0.15, -0.1) is 5.10 Å². The molecule has 23 heavy (non-hydrogen) atoms. The highest BCUT2D eigenvalue weighted by Crippen LogP contribution is 2.23. The first-order valence-corrected chi connectivity index (χ1v) is 7.29. The molecule has 112 valence electrons. The van der Waals surface area contributed by atoms with Gasteiger partial charge in [-0.25, -0.2) is 9.67 Å². The third-order valence-electron chi connectivity index (χ3n) is 3.79. The van der Waals surface area contributed by atoms with Crippen molar-refractivity contribution in [2.45, 2.75) is 6.92 Å². The molecule has 0 atom stereocenters. The van der Waals surface area contributed by atoms with Gasteiger partial charge in [0.15, 0.2) is 0 Å². The minimum atomic E-state index is 0.223. The first kappa shape index (κ1) is 13.5. The Morgan fingerprint density at radius 2 is 1.74 bits per heavy atom. The molecule has 2 aromatic heterocycles. The van der Waals surface area contributed by atoms with Crippen molar-refractivity contribution in [3.8, 4) is 22.8 Å². The van der Waals surface area contributed by atoms with Crippen LogP contribution in [0.1, 0.15) is 5.56 Å². The lowest BCUT2D eigenvalue weighted by molar-refractivity contribution is 0.475. The Labute approximate surface area is 132 Å². The molecule has 0 saturated carbocycles. The molecule has 0 amide bonds. The zero-order chi connectivity index (χ0) is 15.8. The number of pyridine rings is 1.